The molecule has 0 aliphatic heterocycles. The van der Waals surface area contributed by atoms with Crippen molar-refractivity contribution in [3.63, 3.8) is 0 Å². The number of nitrogens with one attached hydrogen (secondary N) is 3. The number of thioether (sulfide) groups is 1. The van der Waals surface area contributed by atoms with Crippen molar-refractivity contribution in [2.75, 3.05) is 16.4 Å². The molecule has 214 valence electrons. The molecule has 0 radical (unpaired) electrons. The van der Waals surface area contributed by atoms with E-state index in [4.69, 9.17) is 0 Å². The first-order chi connectivity index (χ1) is 20.1. The van der Waals surface area contributed by atoms with Gasteiger partial charge in [0.1, 0.15) is 17.2 Å². The third-order valence-corrected chi connectivity index (χ3v) is 6.58. The van der Waals surface area contributed by atoms with Crippen molar-refractivity contribution in [2.45, 2.75) is 4.90 Å². The molecular formula is C30H20F5N3O3S. The first-order valence-electron chi connectivity index (χ1n) is 12.1. The molecule has 0 saturated carbocycles. The average Bonchev–Trinajstić information content (AvgIpc) is 2.99. The Morgan fingerprint density at radius 2 is 1.36 bits per heavy atom. The van der Waals surface area contributed by atoms with Crippen LogP contribution >= 0.6 is 11.8 Å². The Morgan fingerprint density at radius 1 is 0.738 bits per heavy atom. The maximum atomic E-state index is 13.8. The van der Waals surface area contributed by atoms with Gasteiger partial charge < -0.3 is 16.0 Å². The van der Waals surface area contributed by atoms with Crippen LogP contribution in [0.5, 0.6) is 0 Å². The zero-order valence-electron chi connectivity index (χ0n) is 21.4. The van der Waals surface area contributed by atoms with Crippen LogP contribution in [0.25, 0.3) is 6.08 Å². The predicted molar refractivity (Wildman–Crippen MR) is 149 cm³/mol. The Morgan fingerprint density at radius 3 is 1.98 bits per heavy atom. The molecule has 4 aromatic rings. The molecule has 0 unspecified atom stereocenters. The molecule has 12 heteroatoms. The van der Waals surface area contributed by atoms with Crippen molar-refractivity contribution in [3.8, 4) is 0 Å². The number of hydrogen-bond acceptors (Lipinski definition) is 4. The summed E-state index contributed by atoms with van der Waals surface area (Å²) >= 11 is 0.955. The second-order valence-electron chi connectivity index (χ2n) is 8.59. The molecule has 0 saturated heterocycles. The summed E-state index contributed by atoms with van der Waals surface area (Å²) in [6, 6.07) is 19.6. The number of benzene rings is 4. The first kappa shape index (κ1) is 30.0. The third-order valence-electron chi connectivity index (χ3n) is 5.57. The van der Waals surface area contributed by atoms with Gasteiger partial charge >= 0.3 is 0 Å². The molecule has 0 heterocycles. The van der Waals surface area contributed by atoms with Crippen LogP contribution in [-0.4, -0.2) is 23.5 Å². The van der Waals surface area contributed by atoms with E-state index in [0.717, 1.165) is 11.8 Å². The van der Waals surface area contributed by atoms with Crippen molar-refractivity contribution in [2.24, 2.45) is 0 Å². The second-order valence-corrected chi connectivity index (χ2v) is 9.64. The maximum Gasteiger partial charge on any atom is 0.272 e. The number of anilines is 2. The van der Waals surface area contributed by atoms with Crippen LogP contribution in [0.3, 0.4) is 0 Å². The van der Waals surface area contributed by atoms with E-state index in [2.05, 4.69) is 10.6 Å². The van der Waals surface area contributed by atoms with Gasteiger partial charge in [0.05, 0.1) is 5.75 Å². The van der Waals surface area contributed by atoms with Crippen molar-refractivity contribution in [1.82, 2.24) is 5.32 Å². The number of carbonyl (C=O) groups excluding carboxylic acids is 3. The number of hydrogen-bond donors (Lipinski definition) is 3. The summed E-state index contributed by atoms with van der Waals surface area (Å²) in [5.41, 5.74) is -0.236. The van der Waals surface area contributed by atoms with E-state index in [1.807, 2.05) is 5.32 Å². The smallest absolute Gasteiger partial charge is 0.272 e. The van der Waals surface area contributed by atoms with E-state index in [0.29, 0.717) is 21.7 Å². The van der Waals surface area contributed by atoms with E-state index < -0.39 is 52.5 Å². The Hall–Kier alpha value is -4.97. The summed E-state index contributed by atoms with van der Waals surface area (Å²) in [5.74, 6) is -9.68. The van der Waals surface area contributed by atoms with Gasteiger partial charge in [0.15, 0.2) is 23.3 Å². The van der Waals surface area contributed by atoms with Gasteiger partial charge in [-0.1, -0.05) is 30.3 Å². The molecule has 0 bridgehead atoms. The molecule has 0 spiro atoms. The summed E-state index contributed by atoms with van der Waals surface area (Å²) in [7, 11) is 0. The largest absolute Gasteiger partial charge is 0.321 e. The van der Waals surface area contributed by atoms with Crippen molar-refractivity contribution in [3.05, 3.63) is 131 Å². The Bertz CT molecular complexity index is 1620. The summed E-state index contributed by atoms with van der Waals surface area (Å²) < 4.78 is 67.6. The highest BCUT2D eigenvalue weighted by Crippen LogP contribution is 2.26. The SMILES string of the molecule is O=C(CSc1ccc(NC(=O)/C(=C/c2ccc(F)cc2)NC(=O)c2ccccc2)cc1)Nc1c(F)c(F)cc(F)c1F. The molecule has 3 amide bonds. The quantitative estimate of drug-likeness (QED) is 0.0888. The third kappa shape index (κ3) is 7.82. The minimum absolute atomic E-state index is 0.0359. The Kier molecular flexibility index (Phi) is 9.71. The van der Waals surface area contributed by atoms with Crippen LogP contribution in [0.4, 0.5) is 33.3 Å². The van der Waals surface area contributed by atoms with Gasteiger partial charge in [-0.05, 0) is 60.2 Å². The minimum atomic E-state index is -1.72. The van der Waals surface area contributed by atoms with Crippen LogP contribution in [0.1, 0.15) is 15.9 Å². The monoisotopic (exact) mass is 597 g/mol. The van der Waals surface area contributed by atoms with Gasteiger partial charge in [0.2, 0.25) is 5.91 Å². The number of amides is 3. The summed E-state index contributed by atoms with van der Waals surface area (Å²) in [6.45, 7) is 0. The highest BCUT2D eigenvalue weighted by Gasteiger charge is 2.21. The van der Waals surface area contributed by atoms with Crippen molar-refractivity contribution >= 4 is 46.9 Å². The molecule has 42 heavy (non-hydrogen) atoms. The molecule has 0 aliphatic rings. The minimum Gasteiger partial charge on any atom is -0.321 e. The fourth-order valence-corrected chi connectivity index (χ4v) is 4.21. The van der Waals surface area contributed by atoms with Gasteiger partial charge in [0.25, 0.3) is 11.8 Å². The summed E-state index contributed by atoms with van der Waals surface area (Å²) in [6.07, 6.45) is 1.38. The molecule has 4 rings (SSSR count). The summed E-state index contributed by atoms with van der Waals surface area (Å²) in [5, 5.41) is 7.02. The highest BCUT2D eigenvalue weighted by atomic mass is 32.2. The zero-order valence-corrected chi connectivity index (χ0v) is 22.2. The van der Waals surface area contributed by atoms with Gasteiger partial charge in [-0.3, -0.25) is 14.4 Å². The number of halogens is 5. The number of carbonyl (C=O) groups is 3. The fraction of sp³-hybridized carbons (Fsp3) is 0.0333. The van der Waals surface area contributed by atoms with Crippen molar-refractivity contribution < 1.29 is 36.3 Å². The zero-order chi connectivity index (χ0) is 30.2. The normalized spacial score (nSPS) is 11.1. The van der Waals surface area contributed by atoms with Gasteiger partial charge in [-0.25, -0.2) is 22.0 Å². The van der Waals surface area contributed by atoms with Gasteiger partial charge in [-0.2, -0.15) is 0 Å². The lowest BCUT2D eigenvalue weighted by Crippen LogP contribution is -2.30. The molecule has 0 aliphatic carbocycles. The van der Waals surface area contributed by atoms with Crippen molar-refractivity contribution in [1.29, 1.82) is 0 Å². The van der Waals surface area contributed by atoms with Crippen LogP contribution in [0, 0.1) is 29.1 Å². The first-order valence-corrected chi connectivity index (χ1v) is 13.1. The Balaban J connectivity index is 1.41. The highest BCUT2D eigenvalue weighted by molar-refractivity contribution is 8.00. The standard InChI is InChI=1S/C30H20F5N3O3S/c31-19-8-6-17(7-9-19)14-24(37-29(40)18-4-2-1-3-5-18)30(41)36-20-10-12-21(13-11-20)42-16-25(39)38-28-26(34)22(32)15-23(33)27(28)35/h1-15H,16H2,(H,36,41)(H,37,40)(H,38,39)/b24-14-. The average molecular weight is 598 g/mol. The Labute approximate surface area is 240 Å². The van der Waals surface area contributed by atoms with E-state index in [1.54, 1.807) is 42.5 Å². The van der Waals surface area contributed by atoms with E-state index >= 15 is 0 Å². The van der Waals surface area contributed by atoms with E-state index in [9.17, 15) is 36.3 Å². The second kappa shape index (κ2) is 13.6. The molecule has 0 aromatic heterocycles. The fourth-order valence-electron chi connectivity index (χ4n) is 3.51. The molecule has 4 aromatic carbocycles. The maximum absolute atomic E-state index is 13.8. The lowest BCUT2D eigenvalue weighted by atomic mass is 10.1. The summed E-state index contributed by atoms with van der Waals surface area (Å²) in [4.78, 5) is 38.4. The van der Waals surface area contributed by atoms with Gasteiger partial charge in [-0.15, -0.1) is 11.8 Å². The van der Waals surface area contributed by atoms with Crippen LogP contribution in [0.15, 0.2) is 95.5 Å². The van der Waals surface area contributed by atoms with Crippen LogP contribution in [0.2, 0.25) is 0 Å². The predicted octanol–water partition coefficient (Wildman–Crippen LogP) is 6.52. The van der Waals surface area contributed by atoms with Crippen LogP contribution < -0.4 is 16.0 Å². The number of rotatable bonds is 9. The van der Waals surface area contributed by atoms with E-state index in [1.165, 1.54) is 42.5 Å². The van der Waals surface area contributed by atoms with Gasteiger partial charge in [0, 0.05) is 22.2 Å². The molecule has 0 atom stereocenters. The topological polar surface area (TPSA) is 87.3 Å². The lowest BCUT2D eigenvalue weighted by Gasteiger charge is -2.12. The van der Waals surface area contributed by atoms with Crippen LogP contribution in [-0.2, 0) is 9.59 Å². The molecule has 0 fully saturated rings. The molecule has 6 nitrogen and oxygen atoms in total. The molecular weight excluding hydrogens is 577 g/mol. The lowest BCUT2D eigenvalue weighted by molar-refractivity contribution is -0.114. The molecule has 3 N–H and O–H groups in total. The van der Waals surface area contributed by atoms with E-state index in [-0.39, 0.29) is 17.5 Å².